The van der Waals surface area contributed by atoms with Gasteiger partial charge in [-0.25, -0.2) is 0 Å². The fraction of sp³-hybridized carbons (Fsp3) is 0.0323. The van der Waals surface area contributed by atoms with Crippen LogP contribution in [0, 0.1) is 5.82 Å². The van der Waals surface area contributed by atoms with Gasteiger partial charge in [0.1, 0.15) is 0 Å². The Hall–Kier alpha value is -3.58. The number of benzene rings is 5. The van der Waals surface area contributed by atoms with Crippen molar-refractivity contribution in [1.82, 2.24) is 0 Å². The van der Waals surface area contributed by atoms with Gasteiger partial charge < -0.3 is 0 Å². The second-order valence-corrected chi connectivity index (χ2v) is 12.9. The first-order valence-electron chi connectivity index (χ1n) is 11.5. The SMILES string of the molecule is Fc1ccccc1C1OP(c2ccccc2)(c2ccccc2)(c2ccccc2)c2ccccc21. The Morgan fingerprint density at radius 3 is 1.38 bits per heavy atom. The molecule has 0 bridgehead atoms. The molecular weight excluding hydrogens is 438 g/mol. The van der Waals surface area contributed by atoms with Crippen LogP contribution in [-0.4, -0.2) is 0 Å². The molecule has 0 aliphatic carbocycles. The Kier molecular flexibility index (Phi) is 4.95. The maximum absolute atomic E-state index is 15.3. The van der Waals surface area contributed by atoms with Crippen LogP contribution < -0.4 is 21.2 Å². The van der Waals surface area contributed by atoms with Gasteiger partial charge in [0.25, 0.3) is 0 Å². The van der Waals surface area contributed by atoms with E-state index in [1.165, 1.54) is 6.07 Å². The fourth-order valence-electron chi connectivity index (χ4n) is 5.52. The van der Waals surface area contributed by atoms with E-state index in [9.17, 15) is 0 Å². The van der Waals surface area contributed by atoms with Gasteiger partial charge in [0.15, 0.2) is 0 Å². The summed E-state index contributed by atoms with van der Waals surface area (Å²) >= 11 is 0. The van der Waals surface area contributed by atoms with Crippen molar-refractivity contribution >= 4 is 28.0 Å². The van der Waals surface area contributed by atoms with E-state index in [4.69, 9.17) is 4.52 Å². The second-order valence-electron chi connectivity index (χ2n) is 8.61. The van der Waals surface area contributed by atoms with E-state index in [2.05, 4.69) is 91.0 Å². The van der Waals surface area contributed by atoms with Crippen molar-refractivity contribution in [2.75, 3.05) is 0 Å². The zero-order valence-electron chi connectivity index (χ0n) is 18.6. The first kappa shape index (κ1) is 21.0. The van der Waals surface area contributed by atoms with Gasteiger partial charge in [0, 0.05) is 0 Å². The monoisotopic (exact) mass is 462 g/mol. The van der Waals surface area contributed by atoms with Crippen LogP contribution in [0.5, 0.6) is 0 Å². The van der Waals surface area contributed by atoms with Crippen LogP contribution in [-0.2, 0) is 4.52 Å². The molecule has 1 unspecified atom stereocenters. The van der Waals surface area contributed by atoms with E-state index in [0.29, 0.717) is 5.56 Å². The van der Waals surface area contributed by atoms with Gasteiger partial charge in [-0.15, -0.1) is 0 Å². The van der Waals surface area contributed by atoms with E-state index in [1.54, 1.807) is 6.07 Å². The molecule has 1 aliphatic heterocycles. The Morgan fingerprint density at radius 1 is 0.471 bits per heavy atom. The zero-order valence-corrected chi connectivity index (χ0v) is 19.5. The van der Waals surface area contributed by atoms with Crippen LogP contribution >= 0.6 is 6.83 Å². The van der Waals surface area contributed by atoms with Crippen molar-refractivity contribution in [1.29, 1.82) is 0 Å². The molecule has 166 valence electrons. The molecule has 5 aromatic rings. The molecule has 0 N–H and O–H groups in total. The molecule has 0 amide bonds. The summed E-state index contributed by atoms with van der Waals surface area (Å²) in [5, 5.41) is 4.46. The number of hydrogen-bond donors (Lipinski definition) is 0. The third-order valence-electron chi connectivity index (χ3n) is 6.93. The normalized spacial score (nSPS) is 19.0. The van der Waals surface area contributed by atoms with E-state index in [1.807, 2.05) is 36.4 Å². The van der Waals surface area contributed by atoms with Gasteiger partial charge in [0.2, 0.25) is 0 Å². The molecule has 0 saturated carbocycles. The molecule has 0 spiro atoms. The number of rotatable bonds is 4. The molecule has 34 heavy (non-hydrogen) atoms. The Morgan fingerprint density at radius 2 is 0.882 bits per heavy atom. The summed E-state index contributed by atoms with van der Waals surface area (Å²) < 4.78 is 22.8. The minimum absolute atomic E-state index is 0.255. The van der Waals surface area contributed by atoms with Crippen molar-refractivity contribution < 1.29 is 8.91 Å². The fourth-order valence-corrected chi connectivity index (χ4v) is 11.7. The Labute approximate surface area is 199 Å². The molecule has 0 radical (unpaired) electrons. The average Bonchev–Trinajstić information content (AvgIpc) is 3.24. The maximum atomic E-state index is 15.3. The summed E-state index contributed by atoms with van der Waals surface area (Å²) in [6.07, 6.45) is -0.532. The van der Waals surface area contributed by atoms with Crippen LogP contribution in [0.4, 0.5) is 4.39 Å². The summed E-state index contributed by atoms with van der Waals surface area (Å²) in [6, 6.07) is 46.8. The van der Waals surface area contributed by atoms with E-state index < -0.39 is 12.9 Å². The summed E-state index contributed by atoms with van der Waals surface area (Å²) in [5.41, 5.74) is 1.58. The minimum atomic E-state index is -3.70. The number of halogens is 1. The third-order valence-corrected chi connectivity index (χ3v) is 12.7. The van der Waals surface area contributed by atoms with E-state index in [0.717, 1.165) is 26.8 Å². The van der Waals surface area contributed by atoms with Crippen LogP contribution in [0.25, 0.3) is 0 Å². The molecule has 3 heteroatoms. The summed E-state index contributed by atoms with van der Waals surface area (Å²) in [6.45, 7) is -3.70. The third kappa shape index (κ3) is 2.73. The number of hydrogen-bond acceptors (Lipinski definition) is 1. The molecule has 1 nitrogen and oxygen atoms in total. The number of fused-ring (bicyclic) bond motifs is 1. The van der Waals surface area contributed by atoms with Crippen LogP contribution in [0.3, 0.4) is 0 Å². The van der Waals surface area contributed by atoms with Gasteiger partial charge in [-0.05, 0) is 0 Å². The topological polar surface area (TPSA) is 9.23 Å². The molecule has 1 aliphatic rings. The molecule has 6 rings (SSSR count). The van der Waals surface area contributed by atoms with Crippen molar-refractivity contribution in [3.05, 3.63) is 156 Å². The van der Waals surface area contributed by atoms with E-state index >= 15 is 4.39 Å². The Balaban J connectivity index is 1.83. The summed E-state index contributed by atoms with van der Waals surface area (Å²) in [4.78, 5) is 0. The molecule has 0 saturated heterocycles. The zero-order chi connectivity index (χ0) is 23.0. The Bertz CT molecular complexity index is 1350. The second kappa shape index (κ2) is 8.02. The van der Waals surface area contributed by atoms with Crippen LogP contribution in [0.15, 0.2) is 140 Å². The van der Waals surface area contributed by atoms with Gasteiger partial charge in [-0.1, -0.05) is 0 Å². The van der Waals surface area contributed by atoms with Crippen LogP contribution in [0.2, 0.25) is 0 Å². The van der Waals surface area contributed by atoms with Gasteiger partial charge in [0.05, 0.1) is 0 Å². The first-order valence-corrected chi connectivity index (χ1v) is 13.6. The molecule has 5 aromatic carbocycles. The quantitative estimate of drug-likeness (QED) is 0.297. The van der Waals surface area contributed by atoms with E-state index in [-0.39, 0.29) is 5.82 Å². The van der Waals surface area contributed by atoms with Gasteiger partial charge in [-0.3, -0.25) is 0 Å². The molecule has 1 heterocycles. The van der Waals surface area contributed by atoms with Crippen molar-refractivity contribution in [3.8, 4) is 0 Å². The van der Waals surface area contributed by atoms with Crippen molar-refractivity contribution in [3.63, 3.8) is 0 Å². The molecular formula is C31H24FOP. The molecule has 0 aromatic heterocycles. The van der Waals surface area contributed by atoms with Crippen molar-refractivity contribution in [2.24, 2.45) is 0 Å². The summed E-state index contributed by atoms with van der Waals surface area (Å²) in [7, 11) is 0. The predicted octanol–water partition coefficient (Wildman–Crippen LogP) is 6.02. The predicted molar refractivity (Wildman–Crippen MR) is 141 cm³/mol. The first-order chi connectivity index (χ1) is 16.8. The average molecular weight is 463 g/mol. The molecule has 0 fully saturated rings. The van der Waals surface area contributed by atoms with Crippen LogP contribution in [0.1, 0.15) is 17.2 Å². The van der Waals surface area contributed by atoms with Gasteiger partial charge in [-0.2, -0.15) is 0 Å². The van der Waals surface area contributed by atoms with Gasteiger partial charge >= 0.3 is 200 Å². The molecule has 1 atom stereocenters. The van der Waals surface area contributed by atoms with Crippen molar-refractivity contribution in [2.45, 2.75) is 6.10 Å². The summed E-state index contributed by atoms with van der Waals surface area (Å²) in [5.74, 6) is -0.255. The standard InChI is InChI=1S/C31H24FOP/c32-29-22-12-10-20-27(29)31-28-21-11-13-23-30(28)34(33-31,24-14-4-1-5-15-24,25-16-6-2-7-17-25)26-18-8-3-9-19-26/h1-23,31H.